The summed E-state index contributed by atoms with van der Waals surface area (Å²) in [5.74, 6) is 0.832. The van der Waals surface area contributed by atoms with Gasteiger partial charge in [0, 0.05) is 44.5 Å². The Morgan fingerprint density at radius 1 is 1.37 bits per heavy atom. The first-order valence-electron chi connectivity index (χ1n) is 9.38. The van der Waals surface area contributed by atoms with Crippen molar-refractivity contribution in [2.75, 3.05) is 18.0 Å². The molecule has 0 unspecified atom stereocenters. The number of nitriles is 1. The lowest BCUT2D eigenvalue weighted by atomic mass is 10.0. The van der Waals surface area contributed by atoms with Crippen molar-refractivity contribution in [3.05, 3.63) is 40.8 Å². The van der Waals surface area contributed by atoms with Gasteiger partial charge in [-0.2, -0.15) is 10.4 Å². The molecule has 7 heteroatoms. The zero-order valence-corrected chi connectivity index (χ0v) is 16.2. The van der Waals surface area contributed by atoms with Gasteiger partial charge in [0.25, 0.3) is 0 Å². The molecule has 3 rings (SSSR count). The number of aromatic nitrogens is 3. The van der Waals surface area contributed by atoms with Crippen LogP contribution in [-0.2, 0) is 18.3 Å². The third kappa shape index (κ3) is 4.27. The van der Waals surface area contributed by atoms with Crippen LogP contribution in [0.3, 0.4) is 0 Å². The molecule has 0 saturated carbocycles. The topological polar surface area (TPSA) is 86.8 Å². The number of nitrogens with zero attached hydrogens (tertiary/aromatic N) is 5. The number of carbonyl (C=O) groups is 1. The molecular weight excluding hydrogens is 340 g/mol. The maximum atomic E-state index is 12.4. The smallest absolute Gasteiger partial charge is 0.220 e. The molecule has 1 amide bonds. The van der Waals surface area contributed by atoms with E-state index in [0.717, 1.165) is 49.6 Å². The Morgan fingerprint density at radius 3 is 2.74 bits per heavy atom. The van der Waals surface area contributed by atoms with Crippen molar-refractivity contribution in [2.45, 2.75) is 45.6 Å². The lowest BCUT2D eigenvalue weighted by molar-refractivity contribution is -0.121. The fourth-order valence-electron chi connectivity index (χ4n) is 3.69. The number of rotatable bonds is 5. The van der Waals surface area contributed by atoms with E-state index < -0.39 is 0 Å². The number of pyridine rings is 1. The highest BCUT2D eigenvalue weighted by Gasteiger charge is 2.23. The predicted molar refractivity (Wildman–Crippen MR) is 103 cm³/mol. The van der Waals surface area contributed by atoms with Crippen LogP contribution in [-0.4, -0.2) is 39.8 Å². The number of nitrogens with one attached hydrogen (secondary N) is 1. The van der Waals surface area contributed by atoms with Gasteiger partial charge in [0.05, 0.1) is 11.3 Å². The van der Waals surface area contributed by atoms with Gasteiger partial charge in [-0.15, -0.1) is 0 Å². The van der Waals surface area contributed by atoms with E-state index in [-0.39, 0.29) is 11.9 Å². The van der Waals surface area contributed by atoms with Crippen LogP contribution in [0.4, 0.5) is 5.82 Å². The molecule has 0 radical (unpaired) electrons. The summed E-state index contributed by atoms with van der Waals surface area (Å²) in [5.41, 5.74) is 3.89. The van der Waals surface area contributed by atoms with Crippen LogP contribution >= 0.6 is 0 Å². The zero-order chi connectivity index (χ0) is 19.4. The van der Waals surface area contributed by atoms with Crippen molar-refractivity contribution in [3.63, 3.8) is 0 Å². The molecule has 3 heterocycles. The molecule has 0 aliphatic carbocycles. The minimum absolute atomic E-state index is 0.0895. The van der Waals surface area contributed by atoms with Crippen molar-refractivity contribution in [1.29, 1.82) is 5.26 Å². The van der Waals surface area contributed by atoms with E-state index in [2.05, 4.69) is 26.4 Å². The summed E-state index contributed by atoms with van der Waals surface area (Å²) in [6.07, 6.45) is 4.63. The van der Waals surface area contributed by atoms with Crippen LogP contribution in [0.15, 0.2) is 18.3 Å². The second kappa shape index (κ2) is 8.21. The minimum atomic E-state index is 0.0895. The molecule has 0 aromatic carbocycles. The summed E-state index contributed by atoms with van der Waals surface area (Å²) >= 11 is 0. The van der Waals surface area contributed by atoms with Crippen LogP contribution in [0.1, 0.15) is 41.8 Å². The number of hydrogen-bond donors (Lipinski definition) is 1. The number of amides is 1. The fourth-order valence-corrected chi connectivity index (χ4v) is 3.69. The average molecular weight is 366 g/mol. The van der Waals surface area contributed by atoms with E-state index in [0.29, 0.717) is 12.0 Å². The van der Waals surface area contributed by atoms with E-state index in [4.69, 9.17) is 0 Å². The van der Waals surface area contributed by atoms with Gasteiger partial charge < -0.3 is 10.2 Å². The summed E-state index contributed by atoms with van der Waals surface area (Å²) in [4.78, 5) is 18.8. The van der Waals surface area contributed by atoms with Gasteiger partial charge in [0.1, 0.15) is 11.9 Å². The normalized spacial score (nSPS) is 14.8. The molecule has 1 fully saturated rings. The monoisotopic (exact) mass is 366 g/mol. The van der Waals surface area contributed by atoms with Gasteiger partial charge >= 0.3 is 0 Å². The summed E-state index contributed by atoms with van der Waals surface area (Å²) in [7, 11) is 1.93. The van der Waals surface area contributed by atoms with Crippen molar-refractivity contribution in [3.8, 4) is 6.07 Å². The van der Waals surface area contributed by atoms with E-state index in [9.17, 15) is 10.1 Å². The van der Waals surface area contributed by atoms with Crippen molar-refractivity contribution in [2.24, 2.45) is 7.05 Å². The predicted octanol–water partition coefficient (Wildman–Crippen LogP) is 2.02. The quantitative estimate of drug-likeness (QED) is 0.875. The first-order chi connectivity index (χ1) is 13.0. The Hall–Kier alpha value is -2.88. The number of hydrogen-bond acceptors (Lipinski definition) is 5. The maximum Gasteiger partial charge on any atom is 0.220 e. The van der Waals surface area contributed by atoms with E-state index in [1.54, 1.807) is 18.3 Å². The highest BCUT2D eigenvalue weighted by molar-refractivity contribution is 5.76. The largest absolute Gasteiger partial charge is 0.355 e. The molecular formula is C20H26N6O. The number of aryl methyl sites for hydroxylation is 2. The molecule has 1 aliphatic rings. The number of anilines is 1. The standard InChI is InChI=1S/C20H26N6O/c1-14-18(15(2)25(3)24-14)6-7-19(27)23-17-8-11-26(12-9-17)20-16(13-21)5-4-10-22-20/h4-5,10,17H,6-9,11-12H2,1-3H3,(H,23,27). The Labute approximate surface area is 160 Å². The van der Waals surface area contributed by atoms with Crippen molar-refractivity contribution < 1.29 is 4.79 Å². The van der Waals surface area contributed by atoms with E-state index in [1.807, 2.05) is 25.6 Å². The highest BCUT2D eigenvalue weighted by atomic mass is 16.1. The third-order valence-electron chi connectivity index (χ3n) is 5.33. The number of carbonyl (C=O) groups excluding carboxylic acids is 1. The summed E-state index contributed by atoms with van der Waals surface area (Å²) in [6, 6.07) is 5.95. The molecule has 0 bridgehead atoms. The van der Waals surface area contributed by atoms with Gasteiger partial charge in [-0.25, -0.2) is 4.98 Å². The number of piperidine rings is 1. The summed E-state index contributed by atoms with van der Waals surface area (Å²) in [5, 5.41) is 16.8. The zero-order valence-electron chi connectivity index (χ0n) is 16.2. The van der Waals surface area contributed by atoms with Gasteiger partial charge in [-0.3, -0.25) is 9.48 Å². The lowest BCUT2D eigenvalue weighted by Gasteiger charge is -2.33. The molecule has 0 spiro atoms. The molecule has 7 nitrogen and oxygen atoms in total. The lowest BCUT2D eigenvalue weighted by Crippen LogP contribution is -2.45. The Kier molecular flexibility index (Phi) is 5.75. The molecule has 142 valence electrons. The highest BCUT2D eigenvalue weighted by Crippen LogP contribution is 2.21. The SMILES string of the molecule is Cc1nn(C)c(C)c1CCC(=O)NC1CCN(c2ncccc2C#N)CC1. The van der Waals surface area contributed by atoms with Crippen LogP contribution in [0, 0.1) is 25.2 Å². The first-order valence-corrected chi connectivity index (χ1v) is 9.38. The fraction of sp³-hybridized carbons (Fsp3) is 0.500. The first kappa shape index (κ1) is 18.9. The van der Waals surface area contributed by atoms with Crippen LogP contribution < -0.4 is 10.2 Å². The molecule has 1 saturated heterocycles. The van der Waals surface area contributed by atoms with Crippen LogP contribution in [0.25, 0.3) is 0 Å². The molecule has 2 aromatic rings. The van der Waals surface area contributed by atoms with Crippen LogP contribution in [0.5, 0.6) is 0 Å². The maximum absolute atomic E-state index is 12.4. The molecule has 1 N–H and O–H groups in total. The minimum Gasteiger partial charge on any atom is -0.355 e. The molecule has 2 aromatic heterocycles. The average Bonchev–Trinajstić information content (AvgIpc) is 2.92. The van der Waals surface area contributed by atoms with E-state index in [1.165, 1.54) is 5.56 Å². The second-order valence-electron chi connectivity index (χ2n) is 7.09. The summed E-state index contributed by atoms with van der Waals surface area (Å²) in [6.45, 7) is 5.61. The van der Waals surface area contributed by atoms with Crippen molar-refractivity contribution in [1.82, 2.24) is 20.1 Å². The van der Waals surface area contributed by atoms with Gasteiger partial charge in [0.2, 0.25) is 5.91 Å². The molecule has 1 aliphatic heterocycles. The van der Waals surface area contributed by atoms with Gasteiger partial charge in [-0.1, -0.05) is 0 Å². The molecule has 0 atom stereocenters. The van der Waals surface area contributed by atoms with Gasteiger partial charge in [0.15, 0.2) is 0 Å². The Balaban J connectivity index is 1.49. The van der Waals surface area contributed by atoms with Crippen LogP contribution in [0.2, 0.25) is 0 Å². The third-order valence-corrected chi connectivity index (χ3v) is 5.33. The summed E-state index contributed by atoms with van der Waals surface area (Å²) < 4.78 is 1.87. The molecule has 27 heavy (non-hydrogen) atoms. The van der Waals surface area contributed by atoms with Crippen molar-refractivity contribution >= 4 is 11.7 Å². The van der Waals surface area contributed by atoms with Gasteiger partial charge in [-0.05, 0) is 50.8 Å². The second-order valence-corrected chi connectivity index (χ2v) is 7.09. The Morgan fingerprint density at radius 2 is 2.11 bits per heavy atom. The Bertz CT molecular complexity index is 858. The van der Waals surface area contributed by atoms with E-state index >= 15 is 0 Å².